The summed E-state index contributed by atoms with van der Waals surface area (Å²) >= 11 is 0. The average molecular weight is 325 g/mol. The van der Waals surface area contributed by atoms with Gasteiger partial charge in [-0.25, -0.2) is 0 Å². The van der Waals surface area contributed by atoms with Crippen molar-refractivity contribution < 1.29 is 14.3 Å². The lowest BCUT2D eigenvalue weighted by atomic mass is 10.1. The molecule has 0 radical (unpaired) electrons. The number of carbonyl (C=O) groups excluding carboxylic acids is 2. The zero-order valence-corrected chi connectivity index (χ0v) is 14.6. The Morgan fingerprint density at radius 3 is 2.17 bits per heavy atom. The van der Waals surface area contributed by atoms with Crippen LogP contribution in [-0.4, -0.2) is 18.0 Å². The van der Waals surface area contributed by atoms with Crippen LogP contribution in [0.2, 0.25) is 0 Å². The van der Waals surface area contributed by atoms with E-state index in [0.29, 0.717) is 0 Å². The molecule has 0 fully saturated rings. The maximum atomic E-state index is 12.3. The van der Waals surface area contributed by atoms with Crippen LogP contribution in [-0.2, 0) is 20.7 Å². The molecular weight excluding hydrogens is 302 g/mol. The van der Waals surface area contributed by atoms with Gasteiger partial charge in [0.2, 0.25) is 0 Å². The van der Waals surface area contributed by atoms with Crippen molar-refractivity contribution in [1.82, 2.24) is 0 Å². The third-order valence-corrected chi connectivity index (χ3v) is 4.00. The maximum Gasteiger partial charge on any atom is 0.311 e. The van der Waals surface area contributed by atoms with Gasteiger partial charge in [0.15, 0.2) is 6.10 Å². The average Bonchev–Trinajstić information content (AvgIpc) is 2.53. The van der Waals surface area contributed by atoms with E-state index in [-0.39, 0.29) is 12.3 Å². The second-order valence-electron chi connectivity index (χ2n) is 5.99. The highest BCUT2D eigenvalue weighted by Gasteiger charge is 2.19. The van der Waals surface area contributed by atoms with Crippen LogP contribution >= 0.6 is 0 Å². The Labute approximate surface area is 142 Å². The predicted molar refractivity (Wildman–Crippen MR) is 95.0 cm³/mol. The molecule has 2 aromatic rings. The van der Waals surface area contributed by atoms with Crippen molar-refractivity contribution in [1.29, 1.82) is 0 Å². The molecule has 1 N–H and O–H groups in total. The normalized spacial score (nSPS) is 11.7. The van der Waals surface area contributed by atoms with E-state index < -0.39 is 12.1 Å². The van der Waals surface area contributed by atoms with Gasteiger partial charge in [-0.2, -0.15) is 0 Å². The maximum absolute atomic E-state index is 12.3. The highest BCUT2D eigenvalue weighted by molar-refractivity contribution is 5.96. The fourth-order valence-corrected chi connectivity index (χ4v) is 2.49. The predicted octanol–water partition coefficient (Wildman–Crippen LogP) is 3.72. The number of carbonyl (C=O) groups is 2. The summed E-state index contributed by atoms with van der Waals surface area (Å²) in [5.41, 5.74) is 4.65. The van der Waals surface area contributed by atoms with Gasteiger partial charge in [-0.15, -0.1) is 0 Å². The first-order valence-electron chi connectivity index (χ1n) is 7.99. The van der Waals surface area contributed by atoms with E-state index in [0.717, 1.165) is 27.9 Å². The van der Waals surface area contributed by atoms with Gasteiger partial charge in [0.25, 0.3) is 5.91 Å². The van der Waals surface area contributed by atoms with Crippen LogP contribution in [0.15, 0.2) is 42.5 Å². The molecule has 0 aliphatic carbocycles. The molecule has 0 saturated heterocycles. The van der Waals surface area contributed by atoms with Crippen molar-refractivity contribution >= 4 is 17.6 Å². The molecule has 126 valence electrons. The fraction of sp³-hybridized carbons (Fsp3) is 0.300. The molecule has 4 nitrogen and oxygen atoms in total. The molecular formula is C20H23NO3. The van der Waals surface area contributed by atoms with Crippen molar-refractivity contribution in [2.24, 2.45) is 0 Å². The minimum atomic E-state index is -0.847. The zero-order valence-electron chi connectivity index (χ0n) is 14.6. The third kappa shape index (κ3) is 4.44. The molecule has 0 spiro atoms. The lowest BCUT2D eigenvalue weighted by Gasteiger charge is -2.16. The Hall–Kier alpha value is -2.62. The topological polar surface area (TPSA) is 55.4 Å². The van der Waals surface area contributed by atoms with E-state index in [4.69, 9.17) is 4.74 Å². The summed E-state index contributed by atoms with van der Waals surface area (Å²) in [4.78, 5) is 24.3. The molecule has 0 aromatic heterocycles. The second kappa shape index (κ2) is 7.77. The summed E-state index contributed by atoms with van der Waals surface area (Å²) in [7, 11) is 0. The van der Waals surface area contributed by atoms with Crippen molar-refractivity contribution in [2.45, 2.75) is 40.2 Å². The quantitative estimate of drug-likeness (QED) is 0.852. The molecule has 2 rings (SSSR count). The van der Waals surface area contributed by atoms with E-state index in [9.17, 15) is 9.59 Å². The minimum Gasteiger partial charge on any atom is -0.452 e. The largest absolute Gasteiger partial charge is 0.452 e. The Balaban J connectivity index is 1.96. The molecule has 0 bridgehead atoms. The molecule has 1 amide bonds. The van der Waals surface area contributed by atoms with Crippen molar-refractivity contribution in [3.63, 3.8) is 0 Å². The molecule has 24 heavy (non-hydrogen) atoms. The smallest absolute Gasteiger partial charge is 0.311 e. The lowest BCUT2D eigenvalue weighted by molar-refractivity contribution is -0.152. The van der Waals surface area contributed by atoms with Crippen LogP contribution in [0.1, 0.15) is 29.2 Å². The molecule has 4 heteroatoms. The van der Waals surface area contributed by atoms with Gasteiger partial charge in [0.1, 0.15) is 0 Å². The number of ether oxygens (including phenoxy) is 1. The fourth-order valence-electron chi connectivity index (χ4n) is 2.49. The lowest BCUT2D eigenvalue weighted by Crippen LogP contribution is -2.31. The van der Waals surface area contributed by atoms with Gasteiger partial charge in [0, 0.05) is 5.69 Å². The van der Waals surface area contributed by atoms with E-state index in [1.54, 1.807) is 6.92 Å². The Morgan fingerprint density at radius 1 is 0.958 bits per heavy atom. The SMILES string of the molecule is Cc1ccccc1CC(=O)O[C@@H](C)C(=O)Nc1c(C)cccc1C. The number of nitrogens with one attached hydrogen (secondary N) is 1. The monoisotopic (exact) mass is 325 g/mol. The number of anilines is 1. The summed E-state index contributed by atoms with van der Waals surface area (Å²) in [5.74, 6) is -0.737. The number of rotatable bonds is 5. The van der Waals surface area contributed by atoms with Gasteiger partial charge >= 0.3 is 5.97 Å². The van der Waals surface area contributed by atoms with Crippen molar-refractivity contribution in [3.8, 4) is 0 Å². The number of amides is 1. The van der Waals surface area contributed by atoms with Crippen molar-refractivity contribution in [2.75, 3.05) is 5.32 Å². The first-order valence-corrected chi connectivity index (χ1v) is 7.99. The number of benzene rings is 2. The van der Waals surface area contributed by atoms with Crippen LogP contribution in [0.5, 0.6) is 0 Å². The van der Waals surface area contributed by atoms with Crippen LogP contribution in [0, 0.1) is 20.8 Å². The molecule has 2 aromatic carbocycles. The van der Waals surface area contributed by atoms with Gasteiger partial charge < -0.3 is 10.1 Å². The van der Waals surface area contributed by atoms with Gasteiger partial charge in [-0.3, -0.25) is 9.59 Å². The van der Waals surface area contributed by atoms with Crippen LogP contribution < -0.4 is 5.32 Å². The van der Waals surface area contributed by atoms with Crippen molar-refractivity contribution in [3.05, 3.63) is 64.7 Å². The third-order valence-electron chi connectivity index (χ3n) is 4.00. The number of esters is 1. The molecule has 1 atom stereocenters. The summed E-state index contributed by atoms with van der Waals surface area (Å²) in [5, 5.41) is 2.84. The van der Waals surface area contributed by atoms with E-state index >= 15 is 0 Å². The van der Waals surface area contributed by atoms with Crippen LogP contribution in [0.4, 0.5) is 5.69 Å². The Kier molecular flexibility index (Phi) is 5.74. The minimum absolute atomic E-state index is 0.160. The van der Waals surface area contributed by atoms with E-state index in [1.165, 1.54) is 0 Å². The Bertz CT molecular complexity index is 732. The standard InChI is InChI=1S/C20H23NO3/c1-13-8-5-6-11-17(13)12-18(22)24-16(4)20(23)21-19-14(2)9-7-10-15(19)3/h5-11,16H,12H2,1-4H3,(H,21,23)/t16-/m0/s1. The summed E-state index contributed by atoms with van der Waals surface area (Å²) in [6.07, 6.45) is -0.686. The molecule has 0 unspecified atom stereocenters. The first kappa shape index (κ1) is 17.7. The van der Waals surface area contributed by atoms with E-state index in [1.807, 2.05) is 63.2 Å². The van der Waals surface area contributed by atoms with Crippen LogP contribution in [0.25, 0.3) is 0 Å². The van der Waals surface area contributed by atoms with Gasteiger partial charge in [0.05, 0.1) is 6.42 Å². The second-order valence-corrected chi connectivity index (χ2v) is 5.99. The molecule has 0 aliphatic heterocycles. The van der Waals surface area contributed by atoms with E-state index in [2.05, 4.69) is 5.32 Å². The number of para-hydroxylation sites is 1. The highest BCUT2D eigenvalue weighted by atomic mass is 16.5. The first-order chi connectivity index (χ1) is 11.4. The number of hydrogen-bond acceptors (Lipinski definition) is 3. The van der Waals surface area contributed by atoms with Crippen LogP contribution in [0.3, 0.4) is 0 Å². The highest BCUT2D eigenvalue weighted by Crippen LogP contribution is 2.20. The molecule has 0 heterocycles. The van der Waals surface area contributed by atoms with Gasteiger partial charge in [-0.1, -0.05) is 42.5 Å². The number of hydrogen-bond donors (Lipinski definition) is 1. The summed E-state index contributed by atoms with van der Waals surface area (Å²) in [6, 6.07) is 13.4. The summed E-state index contributed by atoms with van der Waals surface area (Å²) < 4.78 is 5.27. The Morgan fingerprint density at radius 2 is 1.54 bits per heavy atom. The number of aryl methyl sites for hydroxylation is 3. The molecule has 0 aliphatic rings. The zero-order chi connectivity index (χ0) is 17.7. The summed E-state index contributed by atoms with van der Waals surface area (Å²) in [6.45, 7) is 7.38. The molecule has 0 saturated carbocycles. The van der Waals surface area contributed by atoms with Gasteiger partial charge in [-0.05, 0) is 49.9 Å².